The molecule has 118 valence electrons. The molecule has 1 fully saturated rings. The normalized spacial score (nSPS) is 19.9. The first-order valence-electron chi connectivity index (χ1n) is 7.37. The predicted octanol–water partition coefficient (Wildman–Crippen LogP) is 2.19. The molecule has 0 radical (unpaired) electrons. The molecular formula is C15H23ClN2O2S. The quantitative estimate of drug-likeness (QED) is 0.868. The second-order valence-corrected chi connectivity index (χ2v) is 8.23. The molecule has 2 rings (SSSR count). The number of sulfone groups is 1. The van der Waals surface area contributed by atoms with Crippen LogP contribution >= 0.6 is 11.6 Å². The highest BCUT2D eigenvalue weighted by atomic mass is 35.5. The van der Waals surface area contributed by atoms with E-state index in [1.807, 2.05) is 7.05 Å². The third-order valence-corrected chi connectivity index (χ3v) is 5.82. The maximum atomic E-state index is 12.3. The Hall–Kier alpha value is -0.620. The number of nitrogens with zero attached hydrogens (tertiary/aromatic N) is 1. The highest BCUT2D eigenvalue weighted by molar-refractivity contribution is 7.91. The Balaban J connectivity index is 1.84. The first kappa shape index (κ1) is 16.7. The first-order valence-corrected chi connectivity index (χ1v) is 9.41. The molecule has 6 heteroatoms. The van der Waals surface area contributed by atoms with Gasteiger partial charge in [-0.05, 0) is 50.7 Å². The summed E-state index contributed by atoms with van der Waals surface area (Å²) in [6, 6.07) is 6.86. The van der Waals surface area contributed by atoms with Crippen molar-refractivity contribution < 1.29 is 8.42 Å². The Morgan fingerprint density at radius 3 is 2.62 bits per heavy atom. The van der Waals surface area contributed by atoms with Crippen LogP contribution in [0, 0.1) is 0 Å². The number of nitrogens with one attached hydrogen (secondary N) is 1. The number of rotatable bonds is 6. The second kappa shape index (κ2) is 7.58. The van der Waals surface area contributed by atoms with E-state index in [2.05, 4.69) is 10.2 Å². The van der Waals surface area contributed by atoms with Gasteiger partial charge >= 0.3 is 0 Å². The Morgan fingerprint density at radius 1 is 1.29 bits per heavy atom. The zero-order valence-corrected chi connectivity index (χ0v) is 14.0. The van der Waals surface area contributed by atoms with Gasteiger partial charge in [-0.1, -0.05) is 18.0 Å². The SMILES string of the molecule is CN(CCS(=O)(=O)c1ccc(Cl)cc1)CC1CCCCN1. The van der Waals surface area contributed by atoms with E-state index in [4.69, 9.17) is 11.6 Å². The summed E-state index contributed by atoms with van der Waals surface area (Å²) >= 11 is 5.79. The number of benzene rings is 1. The van der Waals surface area contributed by atoms with Crippen LogP contribution in [0.2, 0.25) is 5.02 Å². The summed E-state index contributed by atoms with van der Waals surface area (Å²) in [5.41, 5.74) is 0. The van der Waals surface area contributed by atoms with Crippen molar-refractivity contribution in [3.63, 3.8) is 0 Å². The molecule has 1 aromatic carbocycles. The first-order chi connectivity index (χ1) is 9.97. The van der Waals surface area contributed by atoms with E-state index in [0.29, 0.717) is 22.5 Å². The Labute approximate surface area is 132 Å². The maximum absolute atomic E-state index is 12.3. The number of likely N-dealkylation sites (N-methyl/N-ethyl adjacent to an activating group) is 1. The van der Waals surface area contributed by atoms with Gasteiger partial charge in [0.15, 0.2) is 9.84 Å². The lowest BCUT2D eigenvalue weighted by atomic mass is 10.0. The lowest BCUT2D eigenvalue weighted by Gasteiger charge is -2.28. The lowest BCUT2D eigenvalue weighted by molar-refractivity contribution is 0.272. The van der Waals surface area contributed by atoms with Crippen molar-refractivity contribution in [1.29, 1.82) is 0 Å². The van der Waals surface area contributed by atoms with Gasteiger partial charge in [0.25, 0.3) is 0 Å². The molecule has 0 saturated carbocycles. The maximum Gasteiger partial charge on any atom is 0.179 e. The Bertz CT molecular complexity index is 539. The third kappa shape index (κ3) is 5.25. The molecule has 1 unspecified atom stereocenters. The molecule has 1 atom stereocenters. The van der Waals surface area contributed by atoms with Gasteiger partial charge in [-0.3, -0.25) is 0 Å². The zero-order chi connectivity index (χ0) is 15.3. The molecular weight excluding hydrogens is 308 g/mol. The fraction of sp³-hybridized carbons (Fsp3) is 0.600. The van der Waals surface area contributed by atoms with E-state index >= 15 is 0 Å². The monoisotopic (exact) mass is 330 g/mol. The van der Waals surface area contributed by atoms with Gasteiger partial charge in [0, 0.05) is 24.2 Å². The Morgan fingerprint density at radius 2 is 2.00 bits per heavy atom. The molecule has 4 nitrogen and oxygen atoms in total. The lowest BCUT2D eigenvalue weighted by Crippen LogP contribution is -2.43. The van der Waals surface area contributed by atoms with Crippen molar-refractivity contribution >= 4 is 21.4 Å². The minimum Gasteiger partial charge on any atom is -0.313 e. The van der Waals surface area contributed by atoms with Crippen LogP contribution in [0.5, 0.6) is 0 Å². The molecule has 0 aliphatic carbocycles. The van der Waals surface area contributed by atoms with Gasteiger partial charge in [-0.2, -0.15) is 0 Å². The van der Waals surface area contributed by atoms with Crippen molar-refractivity contribution in [3.05, 3.63) is 29.3 Å². The van der Waals surface area contributed by atoms with E-state index in [9.17, 15) is 8.42 Å². The predicted molar refractivity (Wildman–Crippen MR) is 86.6 cm³/mol. The zero-order valence-electron chi connectivity index (χ0n) is 12.4. The van der Waals surface area contributed by atoms with Gasteiger partial charge in [0.05, 0.1) is 10.6 Å². The fourth-order valence-corrected chi connectivity index (χ4v) is 4.05. The Kier molecular flexibility index (Phi) is 6.05. The average Bonchev–Trinajstić information content (AvgIpc) is 2.47. The smallest absolute Gasteiger partial charge is 0.179 e. The van der Waals surface area contributed by atoms with E-state index in [1.165, 1.54) is 19.3 Å². The molecule has 0 aromatic heterocycles. The van der Waals surface area contributed by atoms with Crippen LogP contribution in [-0.2, 0) is 9.84 Å². The van der Waals surface area contributed by atoms with Gasteiger partial charge in [-0.15, -0.1) is 0 Å². The number of hydrogen-bond donors (Lipinski definition) is 1. The highest BCUT2D eigenvalue weighted by Crippen LogP contribution is 2.15. The van der Waals surface area contributed by atoms with Crippen LogP contribution in [0.1, 0.15) is 19.3 Å². The summed E-state index contributed by atoms with van der Waals surface area (Å²) in [6.45, 7) is 2.51. The summed E-state index contributed by atoms with van der Waals surface area (Å²) in [5.74, 6) is 0.137. The molecule has 0 bridgehead atoms. The standard InChI is InChI=1S/C15H23ClN2O2S/c1-18(12-14-4-2-3-9-17-14)10-11-21(19,20)15-7-5-13(16)6-8-15/h5-8,14,17H,2-4,9-12H2,1H3. The van der Waals surface area contributed by atoms with E-state index in [0.717, 1.165) is 13.1 Å². The minimum absolute atomic E-state index is 0.137. The number of piperidine rings is 1. The summed E-state index contributed by atoms with van der Waals surface area (Å²) in [7, 11) is -1.25. The molecule has 1 heterocycles. The van der Waals surface area contributed by atoms with Gasteiger partial charge in [0.1, 0.15) is 0 Å². The third-order valence-electron chi connectivity index (χ3n) is 3.86. The molecule has 21 heavy (non-hydrogen) atoms. The van der Waals surface area contributed by atoms with Crippen LogP contribution in [0.15, 0.2) is 29.2 Å². The summed E-state index contributed by atoms with van der Waals surface area (Å²) < 4.78 is 24.5. The van der Waals surface area contributed by atoms with Crippen molar-refractivity contribution in [1.82, 2.24) is 10.2 Å². The van der Waals surface area contributed by atoms with E-state index in [-0.39, 0.29) is 5.75 Å². The van der Waals surface area contributed by atoms with Crippen LogP contribution in [0.3, 0.4) is 0 Å². The molecule has 1 aliphatic heterocycles. The highest BCUT2D eigenvalue weighted by Gasteiger charge is 2.18. The molecule has 1 N–H and O–H groups in total. The summed E-state index contributed by atoms with van der Waals surface area (Å²) in [6.07, 6.45) is 3.67. The van der Waals surface area contributed by atoms with Gasteiger partial charge in [0.2, 0.25) is 0 Å². The molecule has 0 amide bonds. The fourth-order valence-electron chi connectivity index (χ4n) is 2.58. The van der Waals surface area contributed by atoms with Crippen molar-refractivity contribution in [2.24, 2.45) is 0 Å². The van der Waals surface area contributed by atoms with Crippen molar-refractivity contribution in [2.75, 3.05) is 32.4 Å². The van der Waals surface area contributed by atoms with Crippen LogP contribution < -0.4 is 5.32 Å². The molecule has 1 aliphatic rings. The summed E-state index contributed by atoms with van der Waals surface area (Å²) in [4.78, 5) is 2.44. The average molecular weight is 331 g/mol. The number of hydrogen-bond acceptors (Lipinski definition) is 4. The summed E-state index contributed by atoms with van der Waals surface area (Å²) in [5, 5.41) is 4.03. The molecule has 0 spiro atoms. The minimum atomic E-state index is -3.23. The second-order valence-electron chi connectivity index (χ2n) is 5.68. The largest absolute Gasteiger partial charge is 0.313 e. The molecule has 1 aromatic rings. The van der Waals surface area contributed by atoms with Crippen molar-refractivity contribution in [3.8, 4) is 0 Å². The van der Waals surface area contributed by atoms with Gasteiger partial charge < -0.3 is 10.2 Å². The van der Waals surface area contributed by atoms with Crippen LogP contribution in [-0.4, -0.2) is 51.8 Å². The molecule has 1 saturated heterocycles. The van der Waals surface area contributed by atoms with Crippen LogP contribution in [0.25, 0.3) is 0 Å². The van der Waals surface area contributed by atoms with Gasteiger partial charge in [-0.25, -0.2) is 8.42 Å². The van der Waals surface area contributed by atoms with Crippen LogP contribution in [0.4, 0.5) is 0 Å². The van der Waals surface area contributed by atoms with E-state index in [1.54, 1.807) is 24.3 Å². The topological polar surface area (TPSA) is 49.4 Å². The number of halogens is 1. The van der Waals surface area contributed by atoms with Crippen molar-refractivity contribution in [2.45, 2.75) is 30.2 Å². The van der Waals surface area contributed by atoms with E-state index < -0.39 is 9.84 Å².